The number of phenolic OH excluding ortho intramolecular Hbond substituents is 1. The van der Waals surface area contributed by atoms with E-state index in [2.05, 4.69) is 26.8 Å². The van der Waals surface area contributed by atoms with Gasteiger partial charge in [0.15, 0.2) is 0 Å². The summed E-state index contributed by atoms with van der Waals surface area (Å²) in [5, 5.41) is 10.0. The van der Waals surface area contributed by atoms with E-state index in [0.717, 1.165) is 23.1 Å². The van der Waals surface area contributed by atoms with Gasteiger partial charge >= 0.3 is 0 Å². The number of benzene rings is 1. The molecule has 0 aliphatic heterocycles. The number of phenols is 1. The average Bonchev–Trinajstić information content (AvgIpc) is 2.68. The Morgan fingerprint density at radius 1 is 1.18 bits per heavy atom. The first-order valence-corrected chi connectivity index (χ1v) is 5.80. The molecule has 0 unspecified atom stereocenters. The highest BCUT2D eigenvalue weighted by Gasteiger charge is 2.13. The van der Waals surface area contributed by atoms with Crippen molar-refractivity contribution in [3.8, 4) is 16.9 Å². The molecule has 0 aliphatic carbocycles. The second-order valence-electron chi connectivity index (χ2n) is 5.60. The predicted octanol–water partition coefficient (Wildman–Crippen LogP) is 4.24. The van der Waals surface area contributed by atoms with Crippen molar-refractivity contribution in [3.05, 3.63) is 42.4 Å². The summed E-state index contributed by atoms with van der Waals surface area (Å²) in [5.74, 6) is 0.313. The molecule has 0 spiro atoms. The Labute approximate surface area is 102 Å². The summed E-state index contributed by atoms with van der Waals surface area (Å²) in [4.78, 5) is 0. The van der Waals surface area contributed by atoms with E-state index < -0.39 is 0 Å². The molecule has 1 heterocycles. The van der Waals surface area contributed by atoms with Crippen LogP contribution in [0.15, 0.2) is 41.2 Å². The van der Waals surface area contributed by atoms with Gasteiger partial charge < -0.3 is 9.52 Å². The molecule has 0 saturated heterocycles. The SMILES string of the molecule is CC(C)(C)Cc1ccc(-c2ccoc2)c(O)c1. The van der Waals surface area contributed by atoms with E-state index in [1.807, 2.05) is 18.2 Å². The molecule has 0 atom stereocenters. The molecule has 2 rings (SSSR count). The smallest absolute Gasteiger partial charge is 0.123 e. The Morgan fingerprint density at radius 2 is 1.94 bits per heavy atom. The first-order valence-electron chi connectivity index (χ1n) is 5.80. The largest absolute Gasteiger partial charge is 0.507 e. The van der Waals surface area contributed by atoms with Gasteiger partial charge in [0.1, 0.15) is 5.75 Å². The van der Waals surface area contributed by atoms with Crippen LogP contribution in [-0.4, -0.2) is 5.11 Å². The van der Waals surface area contributed by atoms with Crippen LogP contribution in [0, 0.1) is 5.41 Å². The molecule has 2 aromatic rings. The van der Waals surface area contributed by atoms with E-state index in [4.69, 9.17) is 4.42 Å². The van der Waals surface area contributed by atoms with Crippen molar-refractivity contribution in [3.63, 3.8) is 0 Å². The van der Waals surface area contributed by atoms with E-state index in [0.29, 0.717) is 5.75 Å². The first kappa shape index (κ1) is 11.8. The molecule has 0 saturated carbocycles. The lowest BCUT2D eigenvalue weighted by molar-refractivity contribution is 0.409. The summed E-state index contributed by atoms with van der Waals surface area (Å²) in [6, 6.07) is 7.70. The maximum atomic E-state index is 10.0. The van der Waals surface area contributed by atoms with Crippen LogP contribution in [0.3, 0.4) is 0 Å². The molecule has 1 N–H and O–H groups in total. The van der Waals surface area contributed by atoms with Crippen LogP contribution in [0.4, 0.5) is 0 Å². The van der Waals surface area contributed by atoms with Crippen molar-refractivity contribution < 1.29 is 9.52 Å². The van der Waals surface area contributed by atoms with E-state index in [-0.39, 0.29) is 5.41 Å². The normalized spacial score (nSPS) is 11.7. The van der Waals surface area contributed by atoms with Gasteiger partial charge in [0, 0.05) is 11.1 Å². The number of aromatic hydroxyl groups is 1. The quantitative estimate of drug-likeness (QED) is 0.837. The number of hydrogen-bond donors (Lipinski definition) is 1. The Hall–Kier alpha value is -1.70. The minimum Gasteiger partial charge on any atom is -0.507 e. The summed E-state index contributed by atoms with van der Waals surface area (Å²) in [6.45, 7) is 6.57. The zero-order valence-corrected chi connectivity index (χ0v) is 10.5. The van der Waals surface area contributed by atoms with Crippen LogP contribution < -0.4 is 0 Å². The van der Waals surface area contributed by atoms with E-state index in [1.54, 1.807) is 12.5 Å². The minimum atomic E-state index is 0.226. The second-order valence-corrected chi connectivity index (χ2v) is 5.60. The highest BCUT2D eigenvalue weighted by atomic mass is 16.3. The third kappa shape index (κ3) is 2.90. The van der Waals surface area contributed by atoms with Crippen molar-refractivity contribution in [2.24, 2.45) is 5.41 Å². The van der Waals surface area contributed by atoms with Crippen LogP contribution in [0.5, 0.6) is 5.75 Å². The minimum absolute atomic E-state index is 0.226. The van der Waals surface area contributed by atoms with E-state index >= 15 is 0 Å². The lowest BCUT2D eigenvalue weighted by Crippen LogP contribution is -2.08. The molecule has 0 amide bonds. The van der Waals surface area contributed by atoms with Crippen molar-refractivity contribution >= 4 is 0 Å². The molecule has 0 radical (unpaired) electrons. The molecule has 0 fully saturated rings. The lowest BCUT2D eigenvalue weighted by Gasteiger charge is -2.18. The van der Waals surface area contributed by atoms with Gasteiger partial charge in [0.25, 0.3) is 0 Å². The fraction of sp³-hybridized carbons (Fsp3) is 0.333. The highest BCUT2D eigenvalue weighted by Crippen LogP contribution is 2.32. The fourth-order valence-corrected chi connectivity index (χ4v) is 1.96. The molecular formula is C15H18O2. The monoisotopic (exact) mass is 230 g/mol. The van der Waals surface area contributed by atoms with Gasteiger partial charge in [-0.3, -0.25) is 0 Å². The average molecular weight is 230 g/mol. The lowest BCUT2D eigenvalue weighted by atomic mass is 9.87. The van der Waals surface area contributed by atoms with Crippen LogP contribution >= 0.6 is 0 Å². The zero-order chi connectivity index (χ0) is 12.5. The summed E-state index contributed by atoms with van der Waals surface area (Å²) in [6.07, 6.45) is 4.20. The van der Waals surface area contributed by atoms with Gasteiger partial charge in [-0.15, -0.1) is 0 Å². The van der Waals surface area contributed by atoms with Gasteiger partial charge in [-0.05, 0) is 29.5 Å². The maximum absolute atomic E-state index is 10.0. The van der Waals surface area contributed by atoms with Gasteiger partial charge in [-0.1, -0.05) is 32.9 Å². The van der Waals surface area contributed by atoms with Crippen molar-refractivity contribution in [1.82, 2.24) is 0 Å². The molecule has 0 aliphatic rings. The molecule has 90 valence electrons. The van der Waals surface area contributed by atoms with Crippen LogP contribution in [-0.2, 0) is 6.42 Å². The third-order valence-electron chi connectivity index (χ3n) is 2.63. The Balaban J connectivity index is 2.30. The highest BCUT2D eigenvalue weighted by molar-refractivity contribution is 5.69. The second kappa shape index (κ2) is 4.28. The first-order chi connectivity index (χ1) is 7.96. The van der Waals surface area contributed by atoms with E-state index in [1.165, 1.54) is 0 Å². The van der Waals surface area contributed by atoms with Crippen LogP contribution in [0.2, 0.25) is 0 Å². The molecule has 1 aromatic heterocycles. The van der Waals surface area contributed by atoms with Gasteiger partial charge in [0.2, 0.25) is 0 Å². The van der Waals surface area contributed by atoms with Gasteiger partial charge in [-0.25, -0.2) is 0 Å². The molecule has 2 heteroatoms. The molecular weight excluding hydrogens is 212 g/mol. The molecule has 1 aromatic carbocycles. The topological polar surface area (TPSA) is 33.4 Å². The van der Waals surface area contributed by atoms with Gasteiger partial charge in [-0.2, -0.15) is 0 Å². The Morgan fingerprint density at radius 3 is 2.47 bits per heavy atom. The van der Waals surface area contributed by atoms with Gasteiger partial charge in [0.05, 0.1) is 12.5 Å². The summed E-state index contributed by atoms with van der Waals surface area (Å²) in [5.41, 5.74) is 3.10. The fourth-order valence-electron chi connectivity index (χ4n) is 1.96. The van der Waals surface area contributed by atoms with Crippen molar-refractivity contribution in [2.45, 2.75) is 27.2 Å². The summed E-state index contributed by atoms with van der Waals surface area (Å²) in [7, 11) is 0. The molecule has 0 bridgehead atoms. The summed E-state index contributed by atoms with van der Waals surface area (Å²) >= 11 is 0. The number of hydrogen-bond acceptors (Lipinski definition) is 2. The number of furan rings is 1. The standard InChI is InChI=1S/C15H18O2/c1-15(2,3)9-11-4-5-13(14(16)8-11)12-6-7-17-10-12/h4-8,10,16H,9H2,1-3H3. The van der Waals surface area contributed by atoms with Crippen molar-refractivity contribution in [2.75, 3.05) is 0 Å². The Bertz CT molecular complexity index is 490. The maximum Gasteiger partial charge on any atom is 0.123 e. The van der Waals surface area contributed by atoms with E-state index in [9.17, 15) is 5.11 Å². The zero-order valence-electron chi connectivity index (χ0n) is 10.5. The Kier molecular flexibility index (Phi) is 2.97. The molecule has 17 heavy (non-hydrogen) atoms. The predicted molar refractivity (Wildman–Crippen MR) is 69.0 cm³/mol. The third-order valence-corrected chi connectivity index (χ3v) is 2.63. The number of rotatable bonds is 2. The summed E-state index contributed by atoms with van der Waals surface area (Å²) < 4.78 is 5.02. The van der Waals surface area contributed by atoms with Crippen LogP contribution in [0.1, 0.15) is 26.3 Å². The van der Waals surface area contributed by atoms with Crippen LogP contribution in [0.25, 0.3) is 11.1 Å². The van der Waals surface area contributed by atoms with Crippen molar-refractivity contribution in [1.29, 1.82) is 0 Å². The molecule has 2 nitrogen and oxygen atoms in total.